The molecule has 154 valence electrons. The first-order valence-corrected chi connectivity index (χ1v) is 11.3. The second-order valence-electron chi connectivity index (χ2n) is 8.52. The van der Waals surface area contributed by atoms with Crippen molar-refractivity contribution in [3.8, 4) is 44.9 Å². The Kier molecular flexibility index (Phi) is 3.91. The van der Waals surface area contributed by atoms with Gasteiger partial charge in [0.2, 0.25) is 0 Å². The Bertz CT molecular complexity index is 1690. The first kappa shape index (κ1) is 18.2. The van der Waals surface area contributed by atoms with Gasteiger partial charge < -0.3 is 4.74 Å². The van der Waals surface area contributed by atoms with E-state index in [0.29, 0.717) is 0 Å². The molecule has 0 radical (unpaired) electrons. The standard InChI is InChI=1S/C32H20O/c1-3-13-23-21(10-1)12-9-17-26(23)31-24-14-4-2-11-22(24)20-28-25-15-5-7-18-29(25)33-30-19-8-6-16-27(30)32(28)31/h1-20H. The third-order valence-electron chi connectivity index (χ3n) is 6.66. The molecule has 0 aromatic heterocycles. The van der Waals surface area contributed by atoms with E-state index in [9.17, 15) is 0 Å². The van der Waals surface area contributed by atoms with E-state index in [4.69, 9.17) is 4.74 Å². The largest absolute Gasteiger partial charge is 0.456 e. The minimum atomic E-state index is 0.889. The van der Waals surface area contributed by atoms with Gasteiger partial charge in [-0.15, -0.1) is 0 Å². The van der Waals surface area contributed by atoms with Crippen molar-refractivity contribution in [3.05, 3.63) is 121 Å². The molecule has 0 saturated heterocycles. The van der Waals surface area contributed by atoms with E-state index in [-0.39, 0.29) is 0 Å². The van der Waals surface area contributed by atoms with Crippen molar-refractivity contribution < 1.29 is 4.74 Å². The maximum atomic E-state index is 6.49. The van der Waals surface area contributed by atoms with Crippen LogP contribution >= 0.6 is 0 Å². The van der Waals surface area contributed by atoms with Crippen molar-refractivity contribution in [3.63, 3.8) is 0 Å². The molecule has 0 aliphatic carbocycles. The summed E-state index contributed by atoms with van der Waals surface area (Å²) in [5, 5.41) is 4.99. The van der Waals surface area contributed by atoms with E-state index >= 15 is 0 Å². The molecule has 0 unspecified atom stereocenters. The normalized spacial score (nSPS) is 11.9. The SMILES string of the molecule is c1ccc2c(c1)Oc1ccccc1-c1c-2cc2ccccc2c1-c1cccc2ccccc12. The summed E-state index contributed by atoms with van der Waals surface area (Å²) in [6.07, 6.45) is 0. The lowest BCUT2D eigenvalue weighted by Crippen LogP contribution is -1.93. The van der Waals surface area contributed by atoms with Gasteiger partial charge in [-0.1, -0.05) is 103 Å². The Morgan fingerprint density at radius 3 is 1.79 bits per heavy atom. The molecular formula is C32H20O. The molecule has 1 nitrogen and oxygen atoms in total. The van der Waals surface area contributed by atoms with Crippen molar-refractivity contribution in [2.45, 2.75) is 0 Å². The summed E-state index contributed by atoms with van der Waals surface area (Å²) in [4.78, 5) is 0. The van der Waals surface area contributed by atoms with Crippen molar-refractivity contribution >= 4 is 21.5 Å². The van der Waals surface area contributed by atoms with Crippen LogP contribution in [0.3, 0.4) is 0 Å². The molecule has 6 aromatic carbocycles. The molecule has 1 heterocycles. The molecule has 0 amide bonds. The van der Waals surface area contributed by atoms with Crippen LogP contribution in [0, 0.1) is 0 Å². The maximum Gasteiger partial charge on any atom is 0.135 e. The minimum absolute atomic E-state index is 0.889. The van der Waals surface area contributed by atoms with Gasteiger partial charge in [0.15, 0.2) is 0 Å². The molecule has 7 rings (SSSR count). The van der Waals surface area contributed by atoms with E-state index in [1.165, 1.54) is 43.8 Å². The Morgan fingerprint density at radius 1 is 0.364 bits per heavy atom. The average Bonchev–Trinajstić information content (AvgIpc) is 3.01. The van der Waals surface area contributed by atoms with Crippen molar-refractivity contribution in [1.82, 2.24) is 0 Å². The number of ether oxygens (including phenoxy) is 1. The fourth-order valence-corrected chi connectivity index (χ4v) is 5.22. The number of para-hydroxylation sites is 2. The first-order valence-electron chi connectivity index (χ1n) is 11.3. The molecule has 0 N–H and O–H groups in total. The predicted octanol–water partition coefficient (Wildman–Crippen LogP) is 9.10. The van der Waals surface area contributed by atoms with Crippen LogP contribution in [0.5, 0.6) is 11.5 Å². The van der Waals surface area contributed by atoms with Gasteiger partial charge in [0.25, 0.3) is 0 Å². The summed E-state index contributed by atoms with van der Waals surface area (Å²) in [5.41, 5.74) is 7.18. The second kappa shape index (κ2) is 7.08. The van der Waals surface area contributed by atoms with Gasteiger partial charge in [-0.05, 0) is 56.4 Å². The molecule has 0 spiro atoms. The monoisotopic (exact) mass is 420 g/mol. The predicted molar refractivity (Wildman–Crippen MR) is 138 cm³/mol. The third-order valence-corrected chi connectivity index (χ3v) is 6.66. The molecule has 0 bridgehead atoms. The van der Waals surface area contributed by atoms with Gasteiger partial charge in [-0.25, -0.2) is 0 Å². The highest BCUT2D eigenvalue weighted by molar-refractivity contribution is 6.15. The Morgan fingerprint density at radius 2 is 0.939 bits per heavy atom. The molecular weight excluding hydrogens is 400 g/mol. The van der Waals surface area contributed by atoms with Crippen LogP contribution in [0.1, 0.15) is 0 Å². The smallest absolute Gasteiger partial charge is 0.135 e. The van der Waals surface area contributed by atoms with Gasteiger partial charge in [-0.2, -0.15) is 0 Å². The Hall–Kier alpha value is -4.36. The van der Waals surface area contributed by atoms with Crippen LogP contribution < -0.4 is 4.74 Å². The van der Waals surface area contributed by atoms with Gasteiger partial charge in [0.1, 0.15) is 11.5 Å². The summed E-state index contributed by atoms with van der Waals surface area (Å²) in [7, 11) is 0. The highest BCUT2D eigenvalue weighted by atomic mass is 16.5. The second-order valence-corrected chi connectivity index (χ2v) is 8.52. The Labute approximate surface area is 192 Å². The van der Waals surface area contributed by atoms with Gasteiger partial charge in [-0.3, -0.25) is 0 Å². The quantitative estimate of drug-likeness (QED) is 0.257. The number of hydrogen-bond donors (Lipinski definition) is 0. The molecule has 1 aliphatic heterocycles. The van der Waals surface area contributed by atoms with Crippen LogP contribution in [0.4, 0.5) is 0 Å². The summed E-state index contributed by atoms with van der Waals surface area (Å²) < 4.78 is 6.49. The third kappa shape index (κ3) is 2.73. The summed E-state index contributed by atoms with van der Waals surface area (Å²) in [6, 6.07) is 43.1. The summed E-state index contributed by atoms with van der Waals surface area (Å²) in [6.45, 7) is 0. The van der Waals surface area contributed by atoms with E-state index < -0.39 is 0 Å². The molecule has 6 aromatic rings. The van der Waals surface area contributed by atoms with Crippen molar-refractivity contribution in [2.24, 2.45) is 0 Å². The van der Waals surface area contributed by atoms with Crippen LogP contribution in [0.25, 0.3) is 54.9 Å². The van der Waals surface area contributed by atoms with E-state index in [0.717, 1.165) is 22.6 Å². The zero-order chi connectivity index (χ0) is 21.8. The van der Waals surface area contributed by atoms with Crippen LogP contribution in [-0.4, -0.2) is 0 Å². The van der Waals surface area contributed by atoms with Gasteiger partial charge >= 0.3 is 0 Å². The summed E-state index contributed by atoms with van der Waals surface area (Å²) >= 11 is 0. The van der Waals surface area contributed by atoms with E-state index in [1.54, 1.807) is 0 Å². The maximum absolute atomic E-state index is 6.49. The molecule has 0 atom stereocenters. The van der Waals surface area contributed by atoms with Gasteiger partial charge in [0.05, 0.1) is 0 Å². The number of hydrogen-bond acceptors (Lipinski definition) is 1. The molecule has 1 heteroatoms. The molecule has 33 heavy (non-hydrogen) atoms. The van der Waals surface area contributed by atoms with E-state index in [2.05, 4.69) is 109 Å². The lowest BCUT2D eigenvalue weighted by Gasteiger charge is -2.19. The fourth-order valence-electron chi connectivity index (χ4n) is 5.22. The van der Waals surface area contributed by atoms with Crippen LogP contribution in [-0.2, 0) is 0 Å². The first-order chi connectivity index (χ1) is 16.4. The fraction of sp³-hybridized carbons (Fsp3) is 0. The number of rotatable bonds is 1. The van der Waals surface area contributed by atoms with Gasteiger partial charge in [0, 0.05) is 16.7 Å². The zero-order valence-corrected chi connectivity index (χ0v) is 18.0. The molecule has 0 fully saturated rings. The van der Waals surface area contributed by atoms with Crippen molar-refractivity contribution in [1.29, 1.82) is 0 Å². The Balaban J connectivity index is 1.74. The highest BCUT2D eigenvalue weighted by Crippen LogP contribution is 2.52. The van der Waals surface area contributed by atoms with Crippen LogP contribution in [0.2, 0.25) is 0 Å². The highest BCUT2D eigenvalue weighted by Gasteiger charge is 2.25. The number of benzene rings is 6. The molecule has 1 aliphatic rings. The topological polar surface area (TPSA) is 9.23 Å². The summed E-state index contributed by atoms with van der Waals surface area (Å²) in [5.74, 6) is 1.78. The van der Waals surface area contributed by atoms with Crippen LogP contribution in [0.15, 0.2) is 121 Å². The molecule has 0 saturated carbocycles. The lowest BCUT2D eigenvalue weighted by atomic mass is 9.83. The average molecular weight is 421 g/mol. The lowest BCUT2D eigenvalue weighted by molar-refractivity contribution is 0.488. The van der Waals surface area contributed by atoms with E-state index in [1.807, 2.05) is 12.1 Å². The van der Waals surface area contributed by atoms with Crippen molar-refractivity contribution in [2.75, 3.05) is 0 Å². The minimum Gasteiger partial charge on any atom is -0.456 e. The zero-order valence-electron chi connectivity index (χ0n) is 18.0. The number of fused-ring (bicyclic) bond motifs is 7.